The second-order valence-corrected chi connectivity index (χ2v) is 6.89. The number of aromatic nitrogens is 3. The van der Waals surface area contributed by atoms with Crippen LogP contribution in [0.15, 0.2) is 53.3 Å². The summed E-state index contributed by atoms with van der Waals surface area (Å²) in [7, 11) is 0. The Bertz CT molecular complexity index is 964. The van der Waals surface area contributed by atoms with Crippen molar-refractivity contribution in [2.24, 2.45) is 4.99 Å². The SMILES string of the molecule is C/C=C\C(C)=C\C(=NC(C)C)c1ncc2sc3ncccc3c2n1. The van der Waals surface area contributed by atoms with Gasteiger partial charge in [-0.3, -0.25) is 4.99 Å². The van der Waals surface area contributed by atoms with E-state index in [0.717, 1.165) is 31.7 Å². The topological polar surface area (TPSA) is 51.0 Å². The van der Waals surface area contributed by atoms with Crippen molar-refractivity contribution in [2.75, 3.05) is 0 Å². The summed E-state index contributed by atoms with van der Waals surface area (Å²) in [6.07, 6.45) is 9.78. The number of allylic oxidation sites excluding steroid dienone is 4. The van der Waals surface area contributed by atoms with Gasteiger partial charge in [0.2, 0.25) is 0 Å². The quantitative estimate of drug-likeness (QED) is 0.500. The maximum Gasteiger partial charge on any atom is 0.178 e. The van der Waals surface area contributed by atoms with Crippen LogP contribution in [0.25, 0.3) is 20.4 Å². The lowest BCUT2D eigenvalue weighted by atomic mass is 10.2. The number of rotatable bonds is 4. The summed E-state index contributed by atoms with van der Waals surface area (Å²) in [6.45, 7) is 8.17. The summed E-state index contributed by atoms with van der Waals surface area (Å²) in [5.74, 6) is 0.656. The van der Waals surface area contributed by atoms with E-state index in [1.54, 1.807) is 17.5 Å². The molecule has 24 heavy (non-hydrogen) atoms. The van der Waals surface area contributed by atoms with Gasteiger partial charge < -0.3 is 0 Å². The smallest absolute Gasteiger partial charge is 0.178 e. The standard InChI is InChI=1S/C19H20N4S/c1-5-7-13(4)10-15(22-12(2)3)18-21-11-16-17(23-18)14-8-6-9-20-19(14)24-16/h5-12H,1-4H3/b7-5-,13-10+,22-15?. The third-order valence-electron chi connectivity index (χ3n) is 3.41. The number of pyridine rings is 1. The molecule has 0 atom stereocenters. The molecule has 0 unspecified atom stereocenters. The predicted molar refractivity (Wildman–Crippen MR) is 103 cm³/mol. The molecule has 0 aliphatic carbocycles. The number of hydrogen-bond acceptors (Lipinski definition) is 5. The van der Waals surface area contributed by atoms with Gasteiger partial charge >= 0.3 is 0 Å². The molecule has 4 nitrogen and oxygen atoms in total. The second kappa shape index (κ2) is 7.01. The Morgan fingerprint density at radius 3 is 2.88 bits per heavy atom. The highest BCUT2D eigenvalue weighted by Crippen LogP contribution is 2.30. The maximum atomic E-state index is 4.79. The monoisotopic (exact) mass is 336 g/mol. The summed E-state index contributed by atoms with van der Waals surface area (Å²) in [4.78, 5) is 19.4. The van der Waals surface area contributed by atoms with Crippen molar-refractivity contribution in [1.29, 1.82) is 0 Å². The van der Waals surface area contributed by atoms with E-state index < -0.39 is 0 Å². The molecule has 0 saturated heterocycles. The normalized spacial score (nSPS) is 13.7. The molecule has 5 heteroatoms. The molecule has 0 spiro atoms. The minimum atomic E-state index is 0.176. The molecule has 3 aromatic rings. The Balaban J connectivity index is 2.17. The third-order valence-corrected chi connectivity index (χ3v) is 4.45. The van der Waals surface area contributed by atoms with E-state index in [1.165, 1.54) is 0 Å². The second-order valence-electron chi connectivity index (χ2n) is 5.86. The van der Waals surface area contributed by atoms with Gasteiger partial charge in [-0.05, 0) is 51.5 Å². The molecular weight excluding hydrogens is 316 g/mol. The van der Waals surface area contributed by atoms with Crippen LogP contribution in [0.1, 0.15) is 33.5 Å². The highest BCUT2D eigenvalue weighted by Gasteiger charge is 2.12. The molecule has 0 fully saturated rings. The van der Waals surface area contributed by atoms with Crippen LogP contribution in [-0.4, -0.2) is 26.7 Å². The molecule has 0 aliphatic heterocycles. The largest absolute Gasteiger partial charge is 0.279 e. The molecule has 0 N–H and O–H groups in total. The lowest BCUT2D eigenvalue weighted by Gasteiger charge is -2.05. The zero-order valence-electron chi connectivity index (χ0n) is 14.3. The fourth-order valence-electron chi connectivity index (χ4n) is 2.48. The lowest BCUT2D eigenvalue weighted by molar-refractivity contribution is 0.835. The van der Waals surface area contributed by atoms with E-state index in [4.69, 9.17) is 9.98 Å². The van der Waals surface area contributed by atoms with Crippen molar-refractivity contribution in [3.05, 3.63) is 54.2 Å². The Morgan fingerprint density at radius 1 is 1.29 bits per heavy atom. The molecule has 3 aromatic heterocycles. The number of nitrogens with zero attached hydrogens (tertiary/aromatic N) is 4. The van der Waals surface area contributed by atoms with Gasteiger partial charge in [0.25, 0.3) is 0 Å². The molecule has 0 radical (unpaired) electrons. The summed E-state index contributed by atoms with van der Waals surface area (Å²) < 4.78 is 1.05. The number of aliphatic imine (C=N–C) groups is 1. The van der Waals surface area contributed by atoms with E-state index in [0.29, 0.717) is 5.82 Å². The molecule has 3 rings (SSSR count). The average Bonchev–Trinajstić information content (AvgIpc) is 2.92. The van der Waals surface area contributed by atoms with Gasteiger partial charge in [-0.15, -0.1) is 11.3 Å². The van der Waals surface area contributed by atoms with E-state index in [1.807, 2.05) is 31.3 Å². The Morgan fingerprint density at radius 2 is 2.12 bits per heavy atom. The molecule has 0 aromatic carbocycles. The fourth-order valence-corrected chi connectivity index (χ4v) is 3.44. The Labute approximate surface area is 145 Å². The lowest BCUT2D eigenvalue weighted by Crippen LogP contribution is -2.07. The predicted octanol–water partition coefficient (Wildman–Crippen LogP) is 4.96. The van der Waals surface area contributed by atoms with E-state index in [-0.39, 0.29) is 6.04 Å². The molecule has 0 bridgehead atoms. The minimum absolute atomic E-state index is 0.176. The van der Waals surface area contributed by atoms with Crippen LogP contribution >= 0.6 is 11.3 Å². The first-order valence-corrected chi connectivity index (χ1v) is 8.79. The molecule has 0 amide bonds. The first kappa shape index (κ1) is 16.5. The molecule has 0 aliphatic rings. The van der Waals surface area contributed by atoms with Crippen LogP contribution in [-0.2, 0) is 0 Å². The van der Waals surface area contributed by atoms with Crippen LogP contribution in [0.2, 0.25) is 0 Å². The zero-order valence-corrected chi connectivity index (χ0v) is 15.1. The van der Waals surface area contributed by atoms with Crippen LogP contribution in [0.4, 0.5) is 0 Å². The van der Waals surface area contributed by atoms with Crippen molar-refractivity contribution >= 4 is 37.5 Å². The Kier molecular flexibility index (Phi) is 4.81. The highest BCUT2D eigenvalue weighted by atomic mass is 32.1. The third kappa shape index (κ3) is 3.41. The van der Waals surface area contributed by atoms with Gasteiger partial charge in [-0.25, -0.2) is 15.0 Å². The highest BCUT2D eigenvalue weighted by molar-refractivity contribution is 7.25. The fraction of sp³-hybridized carbons (Fsp3) is 0.263. The van der Waals surface area contributed by atoms with Crippen LogP contribution in [0, 0.1) is 0 Å². The van der Waals surface area contributed by atoms with E-state index in [9.17, 15) is 0 Å². The average molecular weight is 336 g/mol. The van der Waals surface area contributed by atoms with Gasteiger partial charge in [0.05, 0.1) is 10.2 Å². The molecule has 122 valence electrons. The number of hydrogen-bond donors (Lipinski definition) is 0. The van der Waals surface area contributed by atoms with Crippen LogP contribution < -0.4 is 0 Å². The molecular formula is C19H20N4S. The van der Waals surface area contributed by atoms with Crippen molar-refractivity contribution in [3.63, 3.8) is 0 Å². The zero-order chi connectivity index (χ0) is 17.1. The first-order valence-electron chi connectivity index (χ1n) is 7.98. The van der Waals surface area contributed by atoms with Crippen LogP contribution in [0.5, 0.6) is 0 Å². The van der Waals surface area contributed by atoms with E-state index in [2.05, 4.69) is 42.9 Å². The van der Waals surface area contributed by atoms with Crippen molar-refractivity contribution in [1.82, 2.24) is 15.0 Å². The van der Waals surface area contributed by atoms with Crippen molar-refractivity contribution in [2.45, 2.75) is 33.7 Å². The van der Waals surface area contributed by atoms with Crippen molar-refractivity contribution < 1.29 is 0 Å². The van der Waals surface area contributed by atoms with Gasteiger partial charge in [0.15, 0.2) is 5.82 Å². The first-order chi connectivity index (χ1) is 11.6. The summed E-state index contributed by atoms with van der Waals surface area (Å²) in [5, 5.41) is 1.07. The molecule has 3 heterocycles. The maximum absolute atomic E-state index is 4.79. The van der Waals surface area contributed by atoms with E-state index >= 15 is 0 Å². The number of fused-ring (bicyclic) bond motifs is 3. The molecule has 0 saturated carbocycles. The summed E-state index contributed by atoms with van der Waals surface area (Å²) in [6, 6.07) is 4.17. The van der Waals surface area contributed by atoms with Crippen molar-refractivity contribution in [3.8, 4) is 0 Å². The minimum Gasteiger partial charge on any atom is -0.279 e. The van der Waals surface area contributed by atoms with Crippen LogP contribution in [0.3, 0.4) is 0 Å². The van der Waals surface area contributed by atoms with Gasteiger partial charge in [0.1, 0.15) is 10.5 Å². The van der Waals surface area contributed by atoms with Gasteiger partial charge in [0, 0.05) is 23.8 Å². The number of thiophene rings is 1. The summed E-state index contributed by atoms with van der Waals surface area (Å²) in [5.41, 5.74) is 2.88. The van der Waals surface area contributed by atoms with Gasteiger partial charge in [-0.1, -0.05) is 12.2 Å². The van der Waals surface area contributed by atoms with Gasteiger partial charge in [-0.2, -0.15) is 0 Å². The summed E-state index contributed by atoms with van der Waals surface area (Å²) >= 11 is 1.62. The Hall–Kier alpha value is -2.40.